The van der Waals surface area contributed by atoms with Crippen molar-refractivity contribution in [2.75, 3.05) is 18.1 Å². The molecule has 0 amide bonds. The first kappa shape index (κ1) is 15.6. The minimum Gasteiger partial charge on any atom is -0.330 e. The minimum atomic E-state index is -3.02. The highest BCUT2D eigenvalue weighted by atomic mass is 32.2. The lowest BCUT2D eigenvalue weighted by Crippen LogP contribution is -2.16. The zero-order chi connectivity index (χ0) is 12.6. The second-order valence-corrected chi connectivity index (χ2v) is 6.62. The molecule has 0 aliphatic carbocycles. The number of carbonyl (C=O) groups excluding carboxylic acids is 1. The zero-order valence-corrected chi connectivity index (χ0v) is 11.1. The molecule has 0 fully saturated rings. The van der Waals surface area contributed by atoms with Crippen molar-refractivity contribution in [1.82, 2.24) is 0 Å². The third kappa shape index (κ3) is 7.82. The van der Waals surface area contributed by atoms with Crippen LogP contribution in [0.25, 0.3) is 0 Å². The summed E-state index contributed by atoms with van der Waals surface area (Å²) in [5.41, 5.74) is 5.43. The first-order chi connectivity index (χ1) is 7.41. The summed E-state index contributed by atoms with van der Waals surface area (Å²) in [7, 11) is -3.02. The highest BCUT2D eigenvalue weighted by Crippen LogP contribution is 2.06. The molecule has 1 unspecified atom stereocenters. The SMILES string of the molecule is CCCS(=O)(=O)CCC(=O)CCC(C)CN. The van der Waals surface area contributed by atoms with Crippen molar-refractivity contribution in [1.29, 1.82) is 0 Å². The van der Waals surface area contributed by atoms with Crippen LogP contribution in [-0.4, -0.2) is 32.3 Å². The summed E-state index contributed by atoms with van der Waals surface area (Å²) < 4.78 is 22.7. The Balaban J connectivity index is 3.82. The van der Waals surface area contributed by atoms with Gasteiger partial charge in [-0.2, -0.15) is 0 Å². The number of hydrogen-bond donors (Lipinski definition) is 1. The average Bonchev–Trinajstić information content (AvgIpc) is 2.23. The van der Waals surface area contributed by atoms with Crippen LogP contribution in [0, 0.1) is 5.92 Å². The molecule has 0 heterocycles. The highest BCUT2D eigenvalue weighted by molar-refractivity contribution is 7.91. The van der Waals surface area contributed by atoms with Crippen LogP contribution in [0.1, 0.15) is 39.5 Å². The van der Waals surface area contributed by atoms with Crippen molar-refractivity contribution in [2.45, 2.75) is 39.5 Å². The standard InChI is InChI=1S/C11H23NO3S/c1-3-7-16(14,15)8-6-11(13)5-4-10(2)9-12/h10H,3-9,12H2,1-2H3. The van der Waals surface area contributed by atoms with E-state index in [1.807, 2.05) is 13.8 Å². The van der Waals surface area contributed by atoms with Crippen molar-refractivity contribution >= 4 is 15.6 Å². The van der Waals surface area contributed by atoms with E-state index in [9.17, 15) is 13.2 Å². The predicted octanol–water partition coefficient (Wildman–Crippen LogP) is 1.15. The molecule has 0 spiro atoms. The fourth-order valence-electron chi connectivity index (χ4n) is 1.33. The molecule has 1 atom stereocenters. The van der Waals surface area contributed by atoms with Gasteiger partial charge in [0.25, 0.3) is 0 Å². The molecule has 0 radical (unpaired) electrons. The Morgan fingerprint density at radius 2 is 1.88 bits per heavy atom. The molecule has 96 valence electrons. The van der Waals surface area contributed by atoms with Crippen molar-refractivity contribution < 1.29 is 13.2 Å². The minimum absolute atomic E-state index is 0.00329. The van der Waals surface area contributed by atoms with Crippen molar-refractivity contribution in [3.8, 4) is 0 Å². The van der Waals surface area contributed by atoms with Gasteiger partial charge in [-0.05, 0) is 25.3 Å². The number of carbonyl (C=O) groups is 1. The van der Waals surface area contributed by atoms with E-state index in [2.05, 4.69) is 0 Å². The van der Waals surface area contributed by atoms with Gasteiger partial charge in [-0.1, -0.05) is 13.8 Å². The normalized spacial score (nSPS) is 13.7. The molecule has 4 nitrogen and oxygen atoms in total. The van der Waals surface area contributed by atoms with Gasteiger partial charge in [0.15, 0.2) is 9.84 Å². The summed E-state index contributed by atoms with van der Waals surface area (Å²) in [6.45, 7) is 4.38. The number of hydrogen-bond acceptors (Lipinski definition) is 4. The quantitative estimate of drug-likeness (QED) is 0.665. The number of nitrogens with two attached hydrogens (primary N) is 1. The lowest BCUT2D eigenvalue weighted by molar-refractivity contribution is -0.118. The van der Waals surface area contributed by atoms with E-state index in [-0.39, 0.29) is 23.7 Å². The first-order valence-corrected chi connectivity index (χ1v) is 7.65. The smallest absolute Gasteiger partial charge is 0.150 e. The average molecular weight is 249 g/mol. The van der Waals surface area contributed by atoms with E-state index in [0.29, 0.717) is 25.3 Å². The third-order valence-electron chi connectivity index (χ3n) is 2.53. The van der Waals surface area contributed by atoms with E-state index in [1.54, 1.807) is 0 Å². The molecule has 5 heteroatoms. The van der Waals surface area contributed by atoms with Crippen molar-refractivity contribution in [3.63, 3.8) is 0 Å². The Hall–Kier alpha value is -0.420. The van der Waals surface area contributed by atoms with Gasteiger partial charge in [-0.15, -0.1) is 0 Å². The van der Waals surface area contributed by atoms with Crippen LogP contribution in [0.5, 0.6) is 0 Å². The van der Waals surface area contributed by atoms with Gasteiger partial charge in [-0.25, -0.2) is 8.42 Å². The second kappa shape index (κ2) is 7.79. The number of rotatable bonds is 9. The lowest BCUT2D eigenvalue weighted by atomic mass is 10.0. The summed E-state index contributed by atoms with van der Waals surface area (Å²) in [4.78, 5) is 11.4. The predicted molar refractivity (Wildman–Crippen MR) is 66.0 cm³/mol. The van der Waals surface area contributed by atoms with Gasteiger partial charge >= 0.3 is 0 Å². The van der Waals surface area contributed by atoms with Crippen LogP contribution >= 0.6 is 0 Å². The summed E-state index contributed by atoms with van der Waals surface area (Å²) >= 11 is 0. The van der Waals surface area contributed by atoms with Gasteiger partial charge in [0, 0.05) is 18.6 Å². The molecule has 0 rings (SSSR count). The van der Waals surface area contributed by atoms with E-state index < -0.39 is 9.84 Å². The fourth-order valence-corrected chi connectivity index (χ4v) is 2.70. The molecule has 0 aromatic carbocycles. The van der Waals surface area contributed by atoms with Crippen LogP contribution < -0.4 is 5.73 Å². The van der Waals surface area contributed by atoms with Crippen LogP contribution in [0.15, 0.2) is 0 Å². The fraction of sp³-hybridized carbons (Fsp3) is 0.909. The molecule has 0 aliphatic rings. The summed E-state index contributed by atoms with van der Waals surface area (Å²) in [5, 5.41) is 0. The molecular formula is C11H23NO3S. The van der Waals surface area contributed by atoms with Gasteiger partial charge in [0.2, 0.25) is 0 Å². The van der Waals surface area contributed by atoms with Crippen LogP contribution in [-0.2, 0) is 14.6 Å². The largest absolute Gasteiger partial charge is 0.330 e. The molecular weight excluding hydrogens is 226 g/mol. The molecule has 0 aliphatic heterocycles. The molecule has 2 N–H and O–H groups in total. The van der Waals surface area contributed by atoms with Crippen molar-refractivity contribution in [2.24, 2.45) is 11.7 Å². The monoisotopic (exact) mass is 249 g/mol. The Morgan fingerprint density at radius 3 is 2.38 bits per heavy atom. The maximum absolute atomic E-state index is 11.4. The van der Waals surface area contributed by atoms with Crippen LogP contribution in [0.3, 0.4) is 0 Å². The number of Topliss-reactive ketones (excluding diaryl/α,β-unsaturated/α-hetero) is 1. The molecule has 0 saturated carbocycles. The zero-order valence-electron chi connectivity index (χ0n) is 10.2. The Labute approximate surface area is 98.5 Å². The van der Waals surface area contributed by atoms with Gasteiger partial charge in [-0.3, -0.25) is 4.79 Å². The maximum atomic E-state index is 11.4. The Morgan fingerprint density at radius 1 is 1.25 bits per heavy atom. The summed E-state index contributed by atoms with van der Waals surface area (Å²) in [6, 6.07) is 0. The molecule has 0 bridgehead atoms. The molecule has 0 aromatic heterocycles. The van der Waals surface area contributed by atoms with Gasteiger partial charge < -0.3 is 5.73 Å². The van der Waals surface area contributed by atoms with E-state index in [0.717, 1.165) is 6.42 Å². The van der Waals surface area contributed by atoms with Gasteiger partial charge in [0.05, 0.1) is 5.75 Å². The third-order valence-corrected chi connectivity index (χ3v) is 4.38. The number of sulfone groups is 1. The molecule has 0 aromatic rings. The van der Waals surface area contributed by atoms with Gasteiger partial charge in [0.1, 0.15) is 5.78 Å². The van der Waals surface area contributed by atoms with E-state index >= 15 is 0 Å². The molecule has 16 heavy (non-hydrogen) atoms. The van der Waals surface area contributed by atoms with E-state index in [4.69, 9.17) is 5.73 Å². The summed E-state index contributed by atoms with van der Waals surface area (Å²) in [6.07, 6.45) is 1.96. The first-order valence-electron chi connectivity index (χ1n) is 5.83. The topological polar surface area (TPSA) is 77.2 Å². The summed E-state index contributed by atoms with van der Waals surface area (Å²) in [5.74, 6) is 0.534. The molecule has 0 saturated heterocycles. The Kier molecular flexibility index (Phi) is 7.58. The Bertz CT molecular complexity index is 298. The van der Waals surface area contributed by atoms with Crippen LogP contribution in [0.2, 0.25) is 0 Å². The second-order valence-electron chi connectivity index (χ2n) is 4.32. The van der Waals surface area contributed by atoms with E-state index in [1.165, 1.54) is 0 Å². The lowest BCUT2D eigenvalue weighted by Gasteiger charge is -2.07. The maximum Gasteiger partial charge on any atom is 0.150 e. The number of ketones is 1. The van der Waals surface area contributed by atoms with Crippen molar-refractivity contribution in [3.05, 3.63) is 0 Å². The van der Waals surface area contributed by atoms with Crippen LogP contribution in [0.4, 0.5) is 0 Å². The highest BCUT2D eigenvalue weighted by Gasteiger charge is 2.13.